The van der Waals surface area contributed by atoms with Crippen LogP contribution < -0.4 is 0 Å². The van der Waals surface area contributed by atoms with E-state index < -0.39 is 11.6 Å². The third-order valence-electron chi connectivity index (χ3n) is 4.11. The van der Waals surface area contributed by atoms with E-state index in [2.05, 4.69) is 15.3 Å². The molecule has 1 N–H and O–H groups in total. The number of benzene rings is 2. The summed E-state index contributed by atoms with van der Waals surface area (Å²) in [5, 5.41) is 11.9. The molecule has 0 saturated heterocycles. The van der Waals surface area contributed by atoms with Crippen molar-refractivity contribution in [1.82, 2.24) is 20.0 Å². The minimum absolute atomic E-state index is 0.116. The van der Waals surface area contributed by atoms with Gasteiger partial charge in [-0.2, -0.15) is 10.2 Å². The van der Waals surface area contributed by atoms with Crippen molar-refractivity contribution in [3.05, 3.63) is 83.3 Å². The molecule has 0 unspecified atom stereocenters. The summed E-state index contributed by atoms with van der Waals surface area (Å²) in [6.07, 6.45) is 3.47. The number of aromatic amines is 1. The molecule has 0 fully saturated rings. The fraction of sp³-hybridized carbons (Fsp3) is 0.105. The lowest BCUT2D eigenvalue weighted by Gasteiger charge is -2.02. The number of rotatable bonds is 5. The summed E-state index contributed by atoms with van der Waals surface area (Å²) < 4.78 is 27.9. The minimum atomic E-state index is -0.893. The zero-order valence-corrected chi connectivity index (χ0v) is 13.6. The molecule has 0 spiro atoms. The average molecular weight is 352 g/mol. The predicted molar refractivity (Wildman–Crippen MR) is 91.8 cm³/mol. The highest BCUT2D eigenvalue weighted by molar-refractivity contribution is 6.06. The summed E-state index contributed by atoms with van der Waals surface area (Å²) in [6.45, 7) is 0.288. The van der Waals surface area contributed by atoms with Crippen LogP contribution in [-0.2, 0) is 13.0 Å². The number of carbonyl (C=O) groups excluding carboxylic acids is 1. The van der Waals surface area contributed by atoms with Gasteiger partial charge >= 0.3 is 0 Å². The summed E-state index contributed by atoms with van der Waals surface area (Å²) in [6, 6.07) is 11.2. The van der Waals surface area contributed by atoms with E-state index in [9.17, 15) is 13.6 Å². The van der Waals surface area contributed by atoms with Gasteiger partial charge in [0.05, 0.1) is 18.3 Å². The van der Waals surface area contributed by atoms with Crippen LogP contribution in [0.25, 0.3) is 10.9 Å². The topological polar surface area (TPSA) is 63.6 Å². The van der Waals surface area contributed by atoms with Gasteiger partial charge in [0.15, 0.2) is 17.4 Å². The van der Waals surface area contributed by atoms with E-state index >= 15 is 0 Å². The van der Waals surface area contributed by atoms with Crippen molar-refractivity contribution >= 4 is 16.7 Å². The molecule has 4 aromatic rings. The van der Waals surface area contributed by atoms with Crippen molar-refractivity contribution in [1.29, 1.82) is 0 Å². The van der Waals surface area contributed by atoms with Crippen molar-refractivity contribution in [3.63, 3.8) is 0 Å². The van der Waals surface area contributed by atoms with Gasteiger partial charge in [0.25, 0.3) is 0 Å². The SMILES string of the molecule is O=C(Cc1cnn(Cc2ccc(F)c(F)c2)c1)c1n[nH]c2ccccc12. The number of H-pyrrole nitrogens is 1. The van der Waals surface area contributed by atoms with E-state index in [4.69, 9.17) is 0 Å². The smallest absolute Gasteiger partial charge is 0.188 e. The lowest BCUT2D eigenvalue weighted by molar-refractivity contribution is 0.0989. The Bertz CT molecular complexity index is 1100. The van der Waals surface area contributed by atoms with Crippen LogP contribution in [0.2, 0.25) is 0 Å². The highest BCUT2D eigenvalue weighted by Gasteiger charge is 2.15. The van der Waals surface area contributed by atoms with Crippen LogP contribution in [0, 0.1) is 11.6 Å². The number of carbonyl (C=O) groups is 1. The standard InChI is InChI=1S/C19H14F2N4O/c20-15-6-5-12(7-16(15)21)10-25-11-13(9-22-25)8-18(26)19-14-3-1-2-4-17(14)23-24-19/h1-7,9,11H,8,10H2,(H,23,24). The van der Waals surface area contributed by atoms with Crippen molar-refractivity contribution in [2.75, 3.05) is 0 Å². The first-order valence-electron chi connectivity index (χ1n) is 8.02. The first-order chi connectivity index (χ1) is 12.6. The lowest BCUT2D eigenvalue weighted by Crippen LogP contribution is -2.04. The number of ketones is 1. The molecule has 2 aromatic carbocycles. The van der Waals surface area contributed by atoms with E-state index in [1.165, 1.54) is 6.07 Å². The van der Waals surface area contributed by atoms with Crippen LogP contribution in [0.5, 0.6) is 0 Å². The first-order valence-corrected chi connectivity index (χ1v) is 8.02. The molecule has 0 bridgehead atoms. The number of aromatic nitrogens is 4. The van der Waals surface area contributed by atoms with Crippen LogP contribution >= 0.6 is 0 Å². The highest BCUT2D eigenvalue weighted by atomic mass is 19.2. The summed E-state index contributed by atoms with van der Waals surface area (Å²) in [5.41, 5.74) is 2.52. The van der Waals surface area contributed by atoms with E-state index in [1.807, 2.05) is 24.3 Å². The second-order valence-corrected chi connectivity index (χ2v) is 6.01. The minimum Gasteiger partial charge on any atom is -0.292 e. The molecule has 0 saturated carbocycles. The third kappa shape index (κ3) is 3.11. The Kier molecular flexibility index (Phi) is 4.04. The maximum absolute atomic E-state index is 13.3. The maximum atomic E-state index is 13.3. The molecule has 130 valence electrons. The Morgan fingerprint density at radius 2 is 1.92 bits per heavy atom. The molecule has 2 heterocycles. The summed E-state index contributed by atoms with van der Waals surface area (Å²) in [4.78, 5) is 12.5. The quantitative estimate of drug-likeness (QED) is 0.559. The van der Waals surface area contributed by atoms with E-state index in [1.54, 1.807) is 17.1 Å². The zero-order chi connectivity index (χ0) is 18.1. The van der Waals surface area contributed by atoms with Crippen molar-refractivity contribution in [3.8, 4) is 0 Å². The molecular formula is C19H14F2N4O. The van der Waals surface area contributed by atoms with Gasteiger partial charge in [-0.25, -0.2) is 8.78 Å². The molecule has 0 aliphatic rings. The van der Waals surface area contributed by atoms with Gasteiger partial charge in [-0.15, -0.1) is 0 Å². The van der Waals surface area contributed by atoms with Crippen LogP contribution in [0.4, 0.5) is 8.78 Å². The first kappa shape index (κ1) is 16.1. The monoisotopic (exact) mass is 352 g/mol. The lowest BCUT2D eigenvalue weighted by atomic mass is 10.1. The largest absolute Gasteiger partial charge is 0.292 e. The molecule has 0 atom stereocenters. The highest BCUT2D eigenvalue weighted by Crippen LogP contribution is 2.17. The normalized spacial score (nSPS) is 11.2. The third-order valence-corrected chi connectivity index (χ3v) is 4.11. The summed E-state index contributed by atoms with van der Waals surface area (Å²) in [7, 11) is 0. The average Bonchev–Trinajstić information content (AvgIpc) is 3.25. The zero-order valence-electron chi connectivity index (χ0n) is 13.6. The Morgan fingerprint density at radius 3 is 2.77 bits per heavy atom. The summed E-state index contributed by atoms with van der Waals surface area (Å²) in [5.74, 6) is -1.89. The molecule has 26 heavy (non-hydrogen) atoms. The molecular weight excluding hydrogens is 338 g/mol. The van der Waals surface area contributed by atoms with Gasteiger partial charge in [0, 0.05) is 18.0 Å². The van der Waals surface area contributed by atoms with Crippen molar-refractivity contribution in [2.24, 2.45) is 0 Å². The molecule has 0 aliphatic heterocycles. The molecule has 5 nitrogen and oxygen atoms in total. The Hall–Kier alpha value is -3.35. The molecule has 4 rings (SSSR count). The Morgan fingerprint density at radius 1 is 1.08 bits per heavy atom. The van der Waals surface area contributed by atoms with Crippen LogP contribution in [0.1, 0.15) is 21.6 Å². The second kappa shape index (κ2) is 6.51. The van der Waals surface area contributed by atoms with Crippen molar-refractivity contribution < 1.29 is 13.6 Å². The number of halogens is 2. The number of para-hydroxylation sites is 1. The van der Waals surface area contributed by atoms with E-state index in [-0.39, 0.29) is 18.7 Å². The maximum Gasteiger partial charge on any atom is 0.188 e. The Balaban J connectivity index is 1.49. The fourth-order valence-corrected chi connectivity index (χ4v) is 2.85. The van der Waals surface area contributed by atoms with E-state index in [0.29, 0.717) is 11.3 Å². The number of nitrogens with zero attached hydrogens (tertiary/aromatic N) is 3. The number of Topliss-reactive ketones (excluding diaryl/α,β-unsaturated/α-hetero) is 1. The molecule has 2 aromatic heterocycles. The van der Waals surface area contributed by atoms with E-state index in [0.717, 1.165) is 28.6 Å². The second-order valence-electron chi connectivity index (χ2n) is 6.01. The number of hydrogen-bond donors (Lipinski definition) is 1. The van der Waals surface area contributed by atoms with Crippen LogP contribution in [-0.4, -0.2) is 25.8 Å². The van der Waals surface area contributed by atoms with Gasteiger partial charge < -0.3 is 0 Å². The van der Waals surface area contributed by atoms with Gasteiger partial charge in [-0.05, 0) is 29.3 Å². The molecule has 0 amide bonds. The number of fused-ring (bicyclic) bond motifs is 1. The molecule has 0 radical (unpaired) electrons. The fourth-order valence-electron chi connectivity index (χ4n) is 2.85. The van der Waals surface area contributed by atoms with Crippen molar-refractivity contribution in [2.45, 2.75) is 13.0 Å². The van der Waals surface area contributed by atoms with Gasteiger partial charge in [-0.1, -0.05) is 24.3 Å². The van der Waals surface area contributed by atoms with Crippen LogP contribution in [0.3, 0.4) is 0 Å². The number of nitrogens with one attached hydrogen (secondary N) is 1. The number of hydrogen-bond acceptors (Lipinski definition) is 3. The molecule has 0 aliphatic carbocycles. The summed E-state index contributed by atoms with van der Waals surface area (Å²) >= 11 is 0. The Labute approximate surface area is 147 Å². The van der Waals surface area contributed by atoms with Gasteiger partial charge in [0.1, 0.15) is 5.69 Å². The predicted octanol–water partition coefficient (Wildman–Crippen LogP) is 3.51. The van der Waals surface area contributed by atoms with Crippen LogP contribution in [0.15, 0.2) is 54.9 Å². The molecule has 7 heteroatoms. The van der Waals surface area contributed by atoms with Gasteiger partial charge in [0.2, 0.25) is 0 Å². The van der Waals surface area contributed by atoms with Gasteiger partial charge in [-0.3, -0.25) is 14.6 Å².